The van der Waals surface area contributed by atoms with Crippen LogP contribution in [0.4, 0.5) is 5.69 Å². The first-order valence-electron chi connectivity index (χ1n) is 4.70. The highest BCUT2D eigenvalue weighted by atomic mass is 15.1. The van der Waals surface area contributed by atoms with Crippen LogP contribution in [0, 0.1) is 6.92 Å². The second-order valence-electron chi connectivity index (χ2n) is 3.13. The Kier molecular flexibility index (Phi) is 3.30. The highest BCUT2D eigenvalue weighted by Gasteiger charge is 2.08. The zero-order valence-corrected chi connectivity index (χ0v) is 8.22. The molecule has 0 aromatic heterocycles. The summed E-state index contributed by atoms with van der Waals surface area (Å²) in [6.45, 7) is 8.97. The number of quaternary nitrogens is 1. The zero-order valence-electron chi connectivity index (χ0n) is 8.22. The third-order valence-corrected chi connectivity index (χ3v) is 2.38. The second kappa shape index (κ2) is 4.27. The lowest BCUT2D eigenvalue weighted by atomic mass is 10.2. The molecule has 1 rings (SSSR count). The first-order chi connectivity index (χ1) is 5.79. The van der Waals surface area contributed by atoms with Gasteiger partial charge in [-0.3, -0.25) is 0 Å². The summed E-state index contributed by atoms with van der Waals surface area (Å²) in [6.07, 6.45) is 0. The Balaban J connectivity index is 2.92. The molecule has 0 heterocycles. The lowest BCUT2D eigenvalue weighted by Gasteiger charge is -2.16. The molecule has 0 aliphatic carbocycles. The number of benzene rings is 1. The molecular formula is C11H18N+. The van der Waals surface area contributed by atoms with Gasteiger partial charge in [0.1, 0.15) is 5.69 Å². The molecule has 1 aromatic carbocycles. The normalized spacial score (nSPS) is 10.7. The Morgan fingerprint density at radius 2 is 1.67 bits per heavy atom. The molecule has 0 saturated carbocycles. The van der Waals surface area contributed by atoms with Crippen molar-refractivity contribution in [1.82, 2.24) is 0 Å². The van der Waals surface area contributed by atoms with E-state index in [4.69, 9.17) is 0 Å². The summed E-state index contributed by atoms with van der Waals surface area (Å²) in [5.74, 6) is 0. The molecule has 12 heavy (non-hydrogen) atoms. The van der Waals surface area contributed by atoms with Crippen LogP contribution in [0.25, 0.3) is 0 Å². The number of nitrogens with one attached hydrogen (secondary N) is 1. The predicted molar refractivity (Wildman–Crippen MR) is 52.9 cm³/mol. The molecule has 0 aliphatic heterocycles. The van der Waals surface area contributed by atoms with E-state index in [1.165, 1.54) is 24.3 Å². The van der Waals surface area contributed by atoms with Crippen molar-refractivity contribution in [3.63, 3.8) is 0 Å². The van der Waals surface area contributed by atoms with Gasteiger partial charge in [0, 0.05) is 5.56 Å². The molecule has 0 saturated heterocycles. The maximum Gasteiger partial charge on any atom is 0.134 e. The van der Waals surface area contributed by atoms with Crippen molar-refractivity contribution in [2.24, 2.45) is 0 Å². The Labute approximate surface area is 75.0 Å². The van der Waals surface area contributed by atoms with Gasteiger partial charge in [-0.2, -0.15) is 0 Å². The summed E-state index contributed by atoms with van der Waals surface area (Å²) in [5, 5.41) is 0. The van der Waals surface area contributed by atoms with Gasteiger partial charge in [-0.25, -0.2) is 0 Å². The zero-order chi connectivity index (χ0) is 8.97. The molecule has 0 atom stereocenters. The standard InChI is InChI=1S/C11H17N/c1-4-12(5-2)11-9-7-6-8-10(11)3/h6-9H,4-5H2,1-3H3/p+1. The van der Waals surface area contributed by atoms with Gasteiger partial charge in [-0.05, 0) is 26.8 Å². The summed E-state index contributed by atoms with van der Waals surface area (Å²) < 4.78 is 0. The number of hydrogen-bond donors (Lipinski definition) is 1. The fourth-order valence-corrected chi connectivity index (χ4v) is 1.60. The monoisotopic (exact) mass is 164 g/mol. The Morgan fingerprint density at radius 3 is 2.17 bits per heavy atom. The fourth-order valence-electron chi connectivity index (χ4n) is 1.60. The molecule has 0 fully saturated rings. The SMILES string of the molecule is CC[NH+](CC)c1ccccc1C. The summed E-state index contributed by atoms with van der Waals surface area (Å²) >= 11 is 0. The maximum atomic E-state index is 2.23. The third kappa shape index (κ3) is 1.86. The minimum absolute atomic E-state index is 1.17. The molecular weight excluding hydrogens is 146 g/mol. The topological polar surface area (TPSA) is 4.44 Å². The first-order valence-corrected chi connectivity index (χ1v) is 4.70. The Morgan fingerprint density at radius 1 is 1.08 bits per heavy atom. The van der Waals surface area contributed by atoms with Crippen LogP contribution in [-0.2, 0) is 0 Å². The number of para-hydroxylation sites is 1. The van der Waals surface area contributed by atoms with Gasteiger partial charge in [0.05, 0.1) is 13.1 Å². The molecule has 1 heteroatoms. The van der Waals surface area contributed by atoms with Crippen molar-refractivity contribution in [1.29, 1.82) is 0 Å². The van der Waals surface area contributed by atoms with Crippen molar-refractivity contribution in [3.05, 3.63) is 29.8 Å². The summed E-state index contributed by atoms with van der Waals surface area (Å²) in [4.78, 5) is 1.56. The Hall–Kier alpha value is -0.820. The first kappa shape index (κ1) is 9.27. The van der Waals surface area contributed by atoms with Gasteiger partial charge >= 0.3 is 0 Å². The maximum absolute atomic E-state index is 2.23. The van der Waals surface area contributed by atoms with E-state index < -0.39 is 0 Å². The van der Waals surface area contributed by atoms with Crippen LogP contribution in [-0.4, -0.2) is 13.1 Å². The molecule has 1 aromatic rings. The predicted octanol–water partition coefficient (Wildman–Crippen LogP) is 1.55. The lowest BCUT2D eigenvalue weighted by Crippen LogP contribution is -3.06. The van der Waals surface area contributed by atoms with E-state index in [0.29, 0.717) is 0 Å². The van der Waals surface area contributed by atoms with E-state index in [2.05, 4.69) is 45.0 Å². The highest BCUT2D eigenvalue weighted by molar-refractivity contribution is 5.37. The van der Waals surface area contributed by atoms with Crippen LogP contribution in [0.15, 0.2) is 24.3 Å². The van der Waals surface area contributed by atoms with Crippen molar-refractivity contribution in [2.45, 2.75) is 20.8 Å². The number of rotatable bonds is 3. The van der Waals surface area contributed by atoms with Gasteiger partial charge in [-0.1, -0.05) is 18.2 Å². The lowest BCUT2D eigenvalue weighted by molar-refractivity contribution is -0.828. The van der Waals surface area contributed by atoms with Crippen LogP contribution in [0.1, 0.15) is 19.4 Å². The highest BCUT2D eigenvalue weighted by Crippen LogP contribution is 2.07. The van der Waals surface area contributed by atoms with E-state index in [1.807, 2.05) is 0 Å². The van der Waals surface area contributed by atoms with E-state index in [9.17, 15) is 0 Å². The van der Waals surface area contributed by atoms with Gasteiger partial charge < -0.3 is 4.90 Å². The fraction of sp³-hybridized carbons (Fsp3) is 0.455. The average Bonchev–Trinajstić information content (AvgIpc) is 2.10. The Bertz CT molecular complexity index is 239. The molecule has 1 nitrogen and oxygen atoms in total. The van der Waals surface area contributed by atoms with Crippen molar-refractivity contribution < 1.29 is 4.90 Å². The smallest absolute Gasteiger partial charge is 0.134 e. The molecule has 1 N–H and O–H groups in total. The molecule has 0 unspecified atom stereocenters. The minimum atomic E-state index is 1.17. The largest absolute Gasteiger partial charge is 0.303 e. The summed E-state index contributed by atoms with van der Waals surface area (Å²) in [6, 6.07) is 8.62. The third-order valence-electron chi connectivity index (χ3n) is 2.38. The van der Waals surface area contributed by atoms with Gasteiger partial charge in [-0.15, -0.1) is 0 Å². The van der Waals surface area contributed by atoms with E-state index in [-0.39, 0.29) is 0 Å². The molecule has 0 radical (unpaired) electrons. The molecule has 66 valence electrons. The van der Waals surface area contributed by atoms with Crippen LogP contribution >= 0.6 is 0 Å². The van der Waals surface area contributed by atoms with E-state index in [1.54, 1.807) is 4.90 Å². The average molecular weight is 164 g/mol. The van der Waals surface area contributed by atoms with Crippen molar-refractivity contribution in [3.8, 4) is 0 Å². The van der Waals surface area contributed by atoms with Crippen LogP contribution in [0.3, 0.4) is 0 Å². The van der Waals surface area contributed by atoms with Crippen LogP contribution in [0.5, 0.6) is 0 Å². The number of aryl methyl sites for hydroxylation is 1. The number of hydrogen-bond acceptors (Lipinski definition) is 0. The minimum Gasteiger partial charge on any atom is -0.303 e. The molecule has 0 aliphatic rings. The summed E-state index contributed by atoms with van der Waals surface area (Å²) in [7, 11) is 0. The van der Waals surface area contributed by atoms with Crippen molar-refractivity contribution in [2.75, 3.05) is 13.1 Å². The van der Waals surface area contributed by atoms with Crippen LogP contribution < -0.4 is 4.90 Å². The van der Waals surface area contributed by atoms with Gasteiger partial charge in [0.2, 0.25) is 0 Å². The molecule has 0 amide bonds. The van der Waals surface area contributed by atoms with E-state index in [0.717, 1.165) is 0 Å². The van der Waals surface area contributed by atoms with Crippen molar-refractivity contribution >= 4 is 5.69 Å². The molecule has 0 spiro atoms. The second-order valence-corrected chi connectivity index (χ2v) is 3.13. The quantitative estimate of drug-likeness (QED) is 0.691. The van der Waals surface area contributed by atoms with Crippen LogP contribution in [0.2, 0.25) is 0 Å². The summed E-state index contributed by atoms with van der Waals surface area (Å²) in [5.41, 5.74) is 2.85. The van der Waals surface area contributed by atoms with Gasteiger partial charge in [0.25, 0.3) is 0 Å². The van der Waals surface area contributed by atoms with E-state index >= 15 is 0 Å². The molecule has 0 bridgehead atoms. The van der Waals surface area contributed by atoms with Gasteiger partial charge in [0.15, 0.2) is 0 Å².